The number of hydrazine groups is 1. The lowest BCUT2D eigenvalue weighted by molar-refractivity contribution is 0.124. The number of rotatable bonds is 9. The zero-order valence-corrected chi connectivity index (χ0v) is 13.2. The molecule has 1 unspecified atom stereocenters. The van der Waals surface area contributed by atoms with Crippen molar-refractivity contribution in [2.75, 3.05) is 20.3 Å². The largest absolute Gasteiger partial charge is 0.497 e. The molecule has 19 heavy (non-hydrogen) atoms. The summed E-state index contributed by atoms with van der Waals surface area (Å²) in [6.07, 6.45) is 2.77. The smallest absolute Gasteiger partial charge is 0.119 e. The highest BCUT2D eigenvalue weighted by Crippen LogP contribution is 2.24. The summed E-state index contributed by atoms with van der Waals surface area (Å²) >= 11 is 3.55. The lowest BCUT2D eigenvalue weighted by Crippen LogP contribution is -2.37. The Morgan fingerprint density at radius 2 is 2.16 bits per heavy atom. The molecule has 108 valence electrons. The molecule has 1 rings (SSSR count). The van der Waals surface area contributed by atoms with E-state index in [-0.39, 0.29) is 6.04 Å². The predicted molar refractivity (Wildman–Crippen MR) is 81.2 cm³/mol. The van der Waals surface area contributed by atoms with Crippen molar-refractivity contribution in [2.24, 2.45) is 5.84 Å². The molecule has 0 aromatic heterocycles. The molecule has 1 aromatic carbocycles. The first-order valence-corrected chi connectivity index (χ1v) is 7.36. The first kappa shape index (κ1) is 16.4. The number of nitrogens with two attached hydrogens (primary N) is 1. The van der Waals surface area contributed by atoms with E-state index in [0.29, 0.717) is 0 Å². The molecule has 0 spiro atoms. The van der Waals surface area contributed by atoms with Crippen LogP contribution in [-0.2, 0) is 11.2 Å². The summed E-state index contributed by atoms with van der Waals surface area (Å²) in [6, 6.07) is 6.15. The SMILES string of the molecule is CCCOCCC(Cc1cc(OC)ccc1Br)NN. The Morgan fingerprint density at radius 1 is 1.37 bits per heavy atom. The molecule has 0 radical (unpaired) electrons. The van der Waals surface area contributed by atoms with Crippen LogP contribution in [0.15, 0.2) is 22.7 Å². The van der Waals surface area contributed by atoms with E-state index in [1.165, 1.54) is 5.56 Å². The summed E-state index contributed by atoms with van der Waals surface area (Å²) in [6.45, 7) is 3.64. The van der Waals surface area contributed by atoms with Gasteiger partial charge in [-0.05, 0) is 43.0 Å². The van der Waals surface area contributed by atoms with Gasteiger partial charge in [-0.1, -0.05) is 22.9 Å². The average molecular weight is 331 g/mol. The predicted octanol–water partition coefficient (Wildman–Crippen LogP) is 2.65. The molecule has 0 fully saturated rings. The van der Waals surface area contributed by atoms with Gasteiger partial charge < -0.3 is 9.47 Å². The van der Waals surface area contributed by atoms with E-state index in [4.69, 9.17) is 15.3 Å². The monoisotopic (exact) mass is 330 g/mol. The van der Waals surface area contributed by atoms with Crippen LogP contribution in [0.3, 0.4) is 0 Å². The number of nitrogens with one attached hydrogen (secondary N) is 1. The summed E-state index contributed by atoms with van der Waals surface area (Å²) in [5, 5.41) is 0. The third kappa shape index (κ3) is 5.91. The van der Waals surface area contributed by atoms with Crippen molar-refractivity contribution >= 4 is 15.9 Å². The molecule has 0 heterocycles. The summed E-state index contributed by atoms with van der Waals surface area (Å²) in [4.78, 5) is 0. The Morgan fingerprint density at radius 3 is 2.79 bits per heavy atom. The number of ether oxygens (including phenoxy) is 2. The van der Waals surface area contributed by atoms with Crippen molar-refractivity contribution in [1.82, 2.24) is 5.43 Å². The molecule has 0 saturated heterocycles. The third-order valence-electron chi connectivity index (χ3n) is 2.91. The minimum Gasteiger partial charge on any atom is -0.497 e. The van der Waals surface area contributed by atoms with Gasteiger partial charge >= 0.3 is 0 Å². The summed E-state index contributed by atoms with van der Waals surface area (Å²) in [5.41, 5.74) is 4.03. The number of hydrogen-bond donors (Lipinski definition) is 2. The molecule has 1 atom stereocenters. The van der Waals surface area contributed by atoms with Gasteiger partial charge in [0.05, 0.1) is 7.11 Å². The highest BCUT2D eigenvalue weighted by molar-refractivity contribution is 9.10. The second kappa shape index (κ2) is 9.31. The van der Waals surface area contributed by atoms with Crippen molar-refractivity contribution in [2.45, 2.75) is 32.2 Å². The maximum absolute atomic E-state index is 5.60. The van der Waals surface area contributed by atoms with Crippen LogP contribution in [0.4, 0.5) is 0 Å². The Bertz CT molecular complexity index is 374. The average Bonchev–Trinajstić information content (AvgIpc) is 2.44. The van der Waals surface area contributed by atoms with E-state index in [9.17, 15) is 0 Å². The fourth-order valence-electron chi connectivity index (χ4n) is 1.82. The molecule has 0 aliphatic heterocycles. The van der Waals surface area contributed by atoms with Gasteiger partial charge in [0, 0.05) is 23.7 Å². The lowest BCUT2D eigenvalue weighted by Gasteiger charge is -2.17. The standard InChI is InChI=1S/C14H23BrN2O2/c1-3-7-19-8-6-12(17-16)9-11-10-13(18-2)4-5-14(11)15/h4-5,10,12,17H,3,6-9,16H2,1-2H3. The normalized spacial score (nSPS) is 12.4. The minimum atomic E-state index is 0.195. The number of methoxy groups -OCH3 is 1. The fourth-order valence-corrected chi connectivity index (χ4v) is 2.22. The van der Waals surface area contributed by atoms with Crippen molar-refractivity contribution in [1.29, 1.82) is 0 Å². The zero-order valence-electron chi connectivity index (χ0n) is 11.6. The molecule has 0 bridgehead atoms. The second-order valence-corrected chi connectivity index (χ2v) is 5.28. The molecule has 0 amide bonds. The van der Waals surface area contributed by atoms with E-state index in [1.54, 1.807) is 7.11 Å². The summed E-state index contributed by atoms with van der Waals surface area (Å²) in [7, 11) is 1.67. The first-order chi connectivity index (χ1) is 9.21. The molecular weight excluding hydrogens is 308 g/mol. The van der Waals surface area contributed by atoms with E-state index in [0.717, 1.165) is 42.7 Å². The van der Waals surface area contributed by atoms with E-state index < -0.39 is 0 Å². The van der Waals surface area contributed by atoms with Gasteiger partial charge in [-0.3, -0.25) is 11.3 Å². The zero-order chi connectivity index (χ0) is 14.1. The van der Waals surface area contributed by atoms with E-state index in [1.807, 2.05) is 18.2 Å². The van der Waals surface area contributed by atoms with Crippen LogP contribution in [-0.4, -0.2) is 26.4 Å². The third-order valence-corrected chi connectivity index (χ3v) is 3.69. The molecule has 0 aliphatic rings. The van der Waals surface area contributed by atoms with Crippen molar-refractivity contribution in [3.8, 4) is 5.75 Å². The van der Waals surface area contributed by atoms with Gasteiger partial charge in [-0.25, -0.2) is 0 Å². The van der Waals surface area contributed by atoms with Gasteiger partial charge in [-0.2, -0.15) is 0 Å². The first-order valence-electron chi connectivity index (χ1n) is 6.57. The highest BCUT2D eigenvalue weighted by atomic mass is 79.9. The number of benzene rings is 1. The van der Waals surface area contributed by atoms with E-state index in [2.05, 4.69) is 28.3 Å². The van der Waals surface area contributed by atoms with Crippen molar-refractivity contribution < 1.29 is 9.47 Å². The molecule has 5 heteroatoms. The Hall–Kier alpha value is -0.620. The number of halogens is 1. The quantitative estimate of drug-likeness (QED) is 0.415. The van der Waals surface area contributed by atoms with Crippen LogP contribution in [0.5, 0.6) is 5.75 Å². The molecule has 0 saturated carbocycles. The van der Waals surface area contributed by atoms with Crippen molar-refractivity contribution in [3.63, 3.8) is 0 Å². The van der Waals surface area contributed by atoms with Crippen LogP contribution >= 0.6 is 15.9 Å². The van der Waals surface area contributed by atoms with Crippen LogP contribution < -0.4 is 16.0 Å². The highest BCUT2D eigenvalue weighted by Gasteiger charge is 2.11. The number of hydrogen-bond acceptors (Lipinski definition) is 4. The fraction of sp³-hybridized carbons (Fsp3) is 0.571. The van der Waals surface area contributed by atoms with Gasteiger partial charge in [-0.15, -0.1) is 0 Å². The summed E-state index contributed by atoms with van der Waals surface area (Å²) in [5.74, 6) is 6.46. The van der Waals surface area contributed by atoms with Gasteiger partial charge in [0.15, 0.2) is 0 Å². The molecule has 1 aromatic rings. The van der Waals surface area contributed by atoms with Crippen LogP contribution in [0.25, 0.3) is 0 Å². The molecule has 4 nitrogen and oxygen atoms in total. The van der Waals surface area contributed by atoms with Crippen LogP contribution in [0.2, 0.25) is 0 Å². The maximum atomic E-state index is 5.60. The molecule has 0 aliphatic carbocycles. The topological polar surface area (TPSA) is 56.5 Å². The molecular formula is C14H23BrN2O2. The van der Waals surface area contributed by atoms with Gasteiger partial charge in [0.25, 0.3) is 0 Å². The Balaban J connectivity index is 2.54. The summed E-state index contributed by atoms with van der Waals surface area (Å²) < 4.78 is 11.8. The minimum absolute atomic E-state index is 0.195. The maximum Gasteiger partial charge on any atom is 0.119 e. The Labute approximate surface area is 123 Å². The lowest BCUT2D eigenvalue weighted by atomic mass is 10.0. The Kier molecular flexibility index (Phi) is 8.05. The van der Waals surface area contributed by atoms with Crippen LogP contribution in [0.1, 0.15) is 25.3 Å². The second-order valence-electron chi connectivity index (χ2n) is 4.43. The van der Waals surface area contributed by atoms with Crippen molar-refractivity contribution in [3.05, 3.63) is 28.2 Å². The van der Waals surface area contributed by atoms with E-state index >= 15 is 0 Å². The molecule has 3 N–H and O–H groups in total. The van der Waals surface area contributed by atoms with Gasteiger partial charge in [0.1, 0.15) is 5.75 Å². The van der Waals surface area contributed by atoms with Crippen LogP contribution in [0, 0.1) is 0 Å². The van der Waals surface area contributed by atoms with Gasteiger partial charge in [0.2, 0.25) is 0 Å².